The molecular weight excluding hydrogens is 266 g/mol. The molecule has 0 saturated heterocycles. The van der Waals surface area contributed by atoms with Crippen LogP contribution < -0.4 is 5.73 Å². The zero-order chi connectivity index (χ0) is 11.7. The van der Waals surface area contributed by atoms with Gasteiger partial charge in [-0.3, -0.25) is 0 Å². The highest BCUT2D eigenvalue weighted by molar-refractivity contribution is 9.10. The van der Waals surface area contributed by atoms with Crippen molar-refractivity contribution in [3.05, 3.63) is 45.7 Å². The molecule has 0 atom stereocenters. The molecule has 3 nitrogen and oxygen atoms in total. The van der Waals surface area contributed by atoms with E-state index < -0.39 is 0 Å². The molecule has 2 rings (SSSR count). The molecule has 0 bridgehead atoms. The van der Waals surface area contributed by atoms with Crippen molar-refractivity contribution in [3.8, 4) is 0 Å². The summed E-state index contributed by atoms with van der Waals surface area (Å²) in [5, 5.41) is 0. The van der Waals surface area contributed by atoms with Crippen LogP contribution in [0.1, 0.15) is 17.0 Å². The van der Waals surface area contributed by atoms with Crippen LogP contribution >= 0.6 is 15.9 Å². The number of rotatable bonds is 2. The number of imidazole rings is 1. The largest absolute Gasteiger partial charge is 0.369 e. The standard InChI is InChI=1S/C12H14BrN3/c1-8-11(16(2)12(14)15-8)7-9-4-3-5-10(13)6-9/h3-6H,7H2,1-2H3,(H2,14,15). The van der Waals surface area contributed by atoms with E-state index in [0.717, 1.165) is 22.3 Å². The third-order valence-electron chi connectivity index (χ3n) is 2.71. The van der Waals surface area contributed by atoms with Crippen molar-refractivity contribution < 1.29 is 0 Å². The number of nitrogen functional groups attached to an aromatic ring is 1. The average Bonchev–Trinajstić information content (AvgIpc) is 2.45. The van der Waals surface area contributed by atoms with E-state index in [1.165, 1.54) is 5.56 Å². The molecule has 16 heavy (non-hydrogen) atoms. The highest BCUT2D eigenvalue weighted by atomic mass is 79.9. The fraction of sp³-hybridized carbons (Fsp3) is 0.250. The second-order valence-corrected chi connectivity index (χ2v) is 4.78. The van der Waals surface area contributed by atoms with Crippen LogP contribution in [0.4, 0.5) is 5.95 Å². The van der Waals surface area contributed by atoms with Gasteiger partial charge in [0.25, 0.3) is 0 Å². The van der Waals surface area contributed by atoms with Gasteiger partial charge in [-0.15, -0.1) is 0 Å². The van der Waals surface area contributed by atoms with Gasteiger partial charge in [-0.05, 0) is 24.6 Å². The fourth-order valence-corrected chi connectivity index (χ4v) is 2.23. The van der Waals surface area contributed by atoms with Crippen LogP contribution in [0.5, 0.6) is 0 Å². The van der Waals surface area contributed by atoms with Crippen molar-refractivity contribution in [1.82, 2.24) is 9.55 Å². The Hall–Kier alpha value is -1.29. The van der Waals surface area contributed by atoms with Gasteiger partial charge in [0.15, 0.2) is 5.95 Å². The van der Waals surface area contributed by atoms with E-state index in [1.807, 2.05) is 30.7 Å². The van der Waals surface area contributed by atoms with Crippen LogP contribution in [0.3, 0.4) is 0 Å². The van der Waals surface area contributed by atoms with Gasteiger partial charge in [0, 0.05) is 23.6 Å². The number of aromatic nitrogens is 2. The Morgan fingerprint density at radius 1 is 1.44 bits per heavy atom. The minimum Gasteiger partial charge on any atom is -0.369 e. The Morgan fingerprint density at radius 3 is 2.75 bits per heavy atom. The Morgan fingerprint density at radius 2 is 2.19 bits per heavy atom. The van der Waals surface area contributed by atoms with E-state index in [9.17, 15) is 0 Å². The van der Waals surface area contributed by atoms with Crippen LogP contribution in [0.15, 0.2) is 28.7 Å². The van der Waals surface area contributed by atoms with E-state index in [2.05, 4.69) is 33.0 Å². The Kier molecular flexibility index (Phi) is 3.01. The molecule has 1 aromatic carbocycles. The summed E-state index contributed by atoms with van der Waals surface area (Å²) in [6, 6.07) is 8.28. The van der Waals surface area contributed by atoms with E-state index in [-0.39, 0.29) is 0 Å². The molecule has 0 aliphatic rings. The van der Waals surface area contributed by atoms with Crippen LogP contribution in [0.2, 0.25) is 0 Å². The summed E-state index contributed by atoms with van der Waals surface area (Å²) in [7, 11) is 1.95. The molecule has 0 fully saturated rings. The van der Waals surface area contributed by atoms with E-state index in [0.29, 0.717) is 5.95 Å². The first-order valence-corrected chi connectivity index (χ1v) is 5.89. The van der Waals surface area contributed by atoms with Gasteiger partial charge >= 0.3 is 0 Å². The number of nitrogens with zero attached hydrogens (tertiary/aromatic N) is 2. The fourth-order valence-electron chi connectivity index (χ4n) is 1.78. The smallest absolute Gasteiger partial charge is 0.200 e. The van der Waals surface area contributed by atoms with Crippen LogP contribution in [0.25, 0.3) is 0 Å². The number of aryl methyl sites for hydroxylation is 1. The van der Waals surface area contributed by atoms with E-state index in [4.69, 9.17) is 5.73 Å². The second kappa shape index (κ2) is 4.29. The monoisotopic (exact) mass is 279 g/mol. The van der Waals surface area contributed by atoms with Crippen molar-refractivity contribution in [2.24, 2.45) is 7.05 Å². The van der Waals surface area contributed by atoms with E-state index >= 15 is 0 Å². The molecule has 0 aliphatic heterocycles. The molecule has 0 aliphatic carbocycles. The molecule has 84 valence electrons. The molecule has 2 aromatic rings. The van der Waals surface area contributed by atoms with Gasteiger partial charge in [0.05, 0.1) is 5.69 Å². The van der Waals surface area contributed by atoms with Gasteiger partial charge in [-0.2, -0.15) is 0 Å². The molecule has 0 amide bonds. The summed E-state index contributed by atoms with van der Waals surface area (Å²) in [5.74, 6) is 0.572. The molecule has 0 saturated carbocycles. The van der Waals surface area contributed by atoms with Crippen LogP contribution in [0, 0.1) is 6.92 Å². The first kappa shape index (κ1) is 11.2. The number of hydrogen-bond donors (Lipinski definition) is 1. The normalized spacial score (nSPS) is 10.7. The summed E-state index contributed by atoms with van der Waals surface area (Å²) in [6.07, 6.45) is 0.853. The topological polar surface area (TPSA) is 43.8 Å². The first-order chi connectivity index (χ1) is 7.58. The summed E-state index contributed by atoms with van der Waals surface area (Å²) in [4.78, 5) is 4.26. The zero-order valence-corrected chi connectivity index (χ0v) is 11.0. The third kappa shape index (κ3) is 2.11. The average molecular weight is 280 g/mol. The molecule has 1 heterocycles. The maximum Gasteiger partial charge on any atom is 0.200 e. The molecule has 0 radical (unpaired) electrons. The van der Waals surface area contributed by atoms with Gasteiger partial charge in [0.1, 0.15) is 0 Å². The summed E-state index contributed by atoms with van der Waals surface area (Å²) in [6.45, 7) is 1.99. The minimum absolute atomic E-state index is 0.572. The van der Waals surface area contributed by atoms with Crippen molar-refractivity contribution in [1.29, 1.82) is 0 Å². The lowest BCUT2D eigenvalue weighted by atomic mass is 10.1. The van der Waals surface area contributed by atoms with Crippen molar-refractivity contribution in [2.75, 3.05) is 5.73 Å². The highest BCUT2D eigenvalue weighted by Crippen LogP contribution is 2.18. The number of benzene rings is 1. The van der Waals surface area contributed by atoms with E-state index in [1.54, 1.807) is 0 Å². The summed E-state index contributed by atoms with van der Waals surface area (Å²) >= 11 is 3.47. The molecular formula is C12H14BrN3. The molecule has 0 spiro atoms. The summed E-state index contributed by atoms with van der Waals surface area (Å²) in [5.41, 5.74) is 9.18. The summed E-state index contributed by atoms with van der Waals surface area (Å²) < 4.78 is 3.04. The highest BCUT2D eigenvalue weighted by Gasteiger charge is 2.09. The lowest BCUT2D eigenvalue weighted by molar-refractivity contribution is 0.853. The molecule has 1 aromatic heterocycles. The zero-order valence-electron chi connectivity index (χ0n) is 9.37. The van der Waals surface area contributed by atoms with Gasteiger partial charge in [-0.25, -0.2) is 4.98 Å². The quantitative estimate of drug-likeness (QED) is 0.919. The predicted octanol–water partition coefficient (Wildman–Crippen LogP) is 2.66. The molecule has 0 unspecified atom stereocenters. The second-order valence-electron chi connectivity index (χ2n) is 3.87. The Balaban J connectivity index is 2.34. The Labute approximate surface area is 103 Å². The maximum absolute atomic E-state index is 5.77. The Bertz CT molecular complexity index is 517. The SMILES string of the molecule is Cc1nc(N)n(C)c1Cc1cccc(Br)c1. The minimum atomic E-state index is 0.572. The predicted molar refractivity (Wildman–Crippen MR) is 69.3 cm³/mol. The van der Waals surface area contributed by atoms with Crippen LogP contribution in [-0.2, 0) is 13.5 Å². The number of halogens is 1. The number of nitrogens with two attached hydrogens (primary N) is 1. The van der Waals surface area contributed by atoms with Crippen LogP contribution in [-0.4, -0.2) is 9.55 Å². The first-order valence-electron chi connectivity index (χ1n) is 5.10. The molecule has 2 N–H and O–H groups in total. The lowest BCUT2D eigenvalue weighted by Crippen LogP contribution is -2.02. The van der Waals surface area contributed by atoms with Gasteiger partial charge in [0.2, 0.25) is 0 Å². The maximum atomic E-state index is 5.77. The van der Waals surface area contributed by atoms with Gasteiger partial charge in [-0.1, -0.05) is 28.1 Å². The number of anilines is 1. The van der Waals surface area contributed by atoms with Crippen molar-refractivity contribution >= 4 is 21.9 Å². The van der Waals surface area contributed by atoms with Gasteiger partial charge < -0.3 is 10.3 Å². The lowest BCUT2D eigenvalue weighted by Gasteiger charge is -2.05. The molecule has 4 heteroatoms. The van der Waals surface area contributed by atoms with Crippen molar-refractivity contribution in [3.63, 3.8) is 0 Å². The van der Waals surface area contributed by atoms with Crippen molar-refractivity contribution in [2.45, 2.75) is 13.3 Å². The third-order valence-corrected chi connectivity index (χ3v) is 3.20. The number of hydrogen-bond acceptors (Lipinski definition) is 2.